The number of oxazole rings is 1. The molecular formula is C21H23N3O4S. The summed E-state index contributed by atoms with van der Waals surface area (Å²) < 4.78 is 29.2. The Morgan fingerprint density at radius 3 is 2.66 bits per heavy atom. The fourth-order valence-corrected chi connectivity index (χ4v) is 4.28. The quantitative estimate of drug-likeness (QED) is 0.691. The number of para-hydroxylation sites is 2. The zero-order chi connectivity index (χ0) is 20.4. The Morgan fingerprint density at radius 2 is 1.93 bits per heavy atom. The van der Waals surface area contributed by atoms with Crippen molar-refractivity contribution in [3.8, 4) is 0 Å². The summed E-state index contributed by atoms with van der Waals surface area (Å²) in [7, 11) is -3.31. The number of sulfone groups is 1. The van der Waals surface area contributed by atoms with Crippen LogP contribution in [-0.4, -0.2) is 50.1 Å². The molecule has 1 aliphatic rings. The monoisotopic (exact) mass is 413 g/mol. The summed E-state index contributed by atoms with van der Waals surface area (Å²) >= 11 is 0. The second-order valence-corrected chi connectivity index (χ2v) is 9.43. The Kier molecular flexibility index (Phi) is 5.38. The van der Waals surface area contributed by atoms with Gasteiger partial charge in [-0.1, -0.05) is 18.2 Å². The predicted octanol–water partition coefficient (Wildman–Crippen LogP) is 3.05. The molecule has 152 valence electrons. The Morgan fingerprint density at radius 1 is 1.17 bits per heavy atom. The fourth-order valence-electron chi connectivity index (χ4n) is 3.61. The van der Waals surface area contributed by atoms with Gasteiger partial charge in [0.15, 0.2) is 21.3 Å². The lowest BCUT2D eigenvalue weighted by molar-refractivity contribution is -0.117. The average molecular weight is 413 g/mol. The maximum Gasteiger partial charge on any atom is 0.238 e. The van der Waals surface area contributed by atoms with E-state index in [4.69, 9.17) is 4.42 Å². The van der Waals surface area contributed by atoms with Gasteiger partial charge in [-0.05, 0) is 56.3 Å². The molecule has 2 aromatic carbocycles. The number of benzene rings is 2. The number of rotatable bonds is 5. The van der Waals surface area contributed by atoms with Gasteiger partial charge in [0.2, 0.25) is 5.91 Å². The largest absolute Gasteiger partial charge is 0.440 e. The molecule has 0 bridgehead atoms. The van der Waals surface area contributed by atoms with Gasteiger partial charge in [-0.2, -0.15) is 0 Å². The van der Waals surface area contributed by atoms with E-state index in [-0.39, 0.29) is 23.3 Å². The van der Waals surface area contributed by atoms with E-state index >= 15 is 0 Å². The van der Waals surface area contributed by atoms with Gasteiger partial charge in [0.25, 0.3) is 0 Å². The minimum absolute atomic E-state index is 0.157. The maximum atomic E-state index is 12.4. The molecule has 0 radical (unpaired) electrons. The first-order valence-electron chi connectivity index (χ1n) is 9.56. The first kappa shape index (κ1) is 19.6. The van der Waals surface area contributed by atoms with E-state index in [1.807, 2.05) is 24.3 Å². The van der Waals surface area contributed by atoms with Crippen LogP contribution < -0.4 is 5.32 Å². The normalized spacial score (nSPS) is 16.2. The van der Waals surface area contributed by atoms with Crippen LogP contribution in [0.15, 0.2) is 57.8 Å². The highest BCUT2D eigenvalue weighted by atomic mass is 32.2. The van der Waals surface area contributed by atoms with Gasteiger partial charge in [0, 0.05) is 17.9 Å². The van der Waals surface area contributed by atoms with Crippen LogP contribution in [0.1, 0.15) is 24.7 Å². The lowest BCUT2D eigenvalue weighted by Gasteiger charge is -2.29. The number of aromatic nitrogens is 1. The van der Waals surface area contributed by atoms with Crippen molar-refractivity contribution < 1.29 is 17.6 Å². The van der Waals surface area contributed by atoms with E-state index in [1.54, 1.807) is 12.1 Å². The third-order valence-electron chi connectivity index (χ3n) is 5.16. The molecule has 0 atom stereocenters. The number of anilines is 1. The Labute approximate surface area is 169 Å². The molecule has 8 heteroatoms. The van der Waals surface area contributed by atoms with Crippen molar-refractivity contribution in [1.29, 1.82) is 0 Å². The Balaban J connectivity index is 1.32. The summed E-state index contributed by atoms with van der Waals surface area (Å²) in [5, 5.41) is 2.79. The van der Waals surface area contributed by atoms with Gasteiger partial charge in [-0.25, -0.2) is 13.4 Å². The van der Waals surface area contributed by atoms with Crippen molar-refractivity contribution in [2.24, 2.45) is 0 Å². The number of likely N-dealkylation sites (tertiary alicyclic amines) is 1. The summed E-state index contributed by atoms with van der Waals surface area (Å²) in [4.78, 5) is 19.3. The third-order valence-corrected chi connectivity index (χ3v) is 6.27. The predicted molar refractivity (Wildman–Crippen MR) is 111 cm³/mol. The fraction of sp³-hybridized carbons (Fsp3) is 0.333. The van der Waals surface area contributed by atoms with Crippen LogP contribution in [0.5, 0.6) is 0 Å². The topological polar surface area (TPSA) is 92.5 Å². The summed E-state index contributed by atoms with van der Waals surface area (Å²) in [5.74, 6) is 0.872. The van der Waals surface area contributed by atoms with Crippen LogP contribution in [-0.2, 0) is 14.6 Å². The van der Waals surface area contributed by atoms with Crippen molar-refractivity contribution in [2.75, 3.05) is 31.2 Å². The van der Waals surface area contributed by atoms with Crippen LogP contribution in [0.3, 0.4) is 0 Å². The molecule has 3 aromatic rings. The lowest BCUT2D eigenvalue weighted by atomic mass is 9.97. The van der Waals surface area contributed by atoms with E-state index in [0.29, 0.717) is 5.69 Å². The molecular weight excluding hydrogens is 390 g/mol. The molecule has 1 saturated heterocycles. The number of hydrogen-bond acceptors (Lipinski definition) is 6. The Hall–Kier alpha value is -2.71. The van der Waals surface area contributed by atoms with Gasteiger partial charge in [0.1, 0.15) is 5.52 Å². The van der Waals surface area contributed by atoms with E-state index in [1.165, 1.54) is 12.1 Å². The zero-order valence-corrected chi connectivity index (χ0v) is 17.0. The first-order chi connectivity index (χ1) is 13.9. The van der Waals surface area contributed by atoms with Gasteiger partial charge in [-0.3, -0.25) is 9.69 Å². The summed E-state index contributed by atoms with van der Waals surface area (Å²) in [6, 6.07) is 14.1. The molecule has 1 aromatic heterocycles. The summed E-state index contributed by atoms with van der Waals surface area (Å²) in [5.41, 5.74) is 2.17. The average Bonchev–Trinajstić information content (AvgIpc) is 3.12. The minimum Gasteiger partial charge on any atom is -0.440 e. The van der Waals surface area contributed by atoms with E-state index in [9.17, 15) is 13.2 Å². The Bertz CT molecular complexity index is 1100. The number of hydrogen-bond donors (Lipinski definition) is 1. The molecule has 0 spiro atoms. The highest BCUT2D eigenvalue weighted by Crippen LogP contribution is 2.29. The van der Waals surface area contributed by atoms with Crippen LogP contribution >= 0.6 is 0 Å². The zero-order valence-electron chi connectivity index (χ0n) is 16.2. The molecule has 1 aliphatic heterocycles. The third kappa shape index (κ3) is 4.65. The molecule has 1 fully saturated rings. The van der Waals surface area contributed by atoms with E-state index in [0.717, 1.165) is 49.2 Å². The number of piperidine rings is 1. The second-order valence-electron chi connectivity index (χ2n) is 7.42. The molecule has 4 rings (SSSR count). The SMILES string of the molecule is CS(=O)(=O)c1cccc(NC(=O)CN2CCC(c3nc4ccccc4o3)CC2)c1. The van der Waals surface area contributed by atoms with Crippen LogP contribution in [0.4, 0.5) is 5.69 Å². The molecule has 29 heavy (non-hydrogen) atoms. The number of fused-ring (bicyclic) bond motifs is 1. The van der Waals surface area contributed by atoms with Crippen molar-refractivity contribution in [3.63, 3.8) is 0 Å². The summed E-state index contributed by atoms with van der Waals surface area (Å²) in [6.45, 7) is 1.82. The van der Waals surface area contributed by atoms with Gasteiger partial charge >= 0.3 is 0 Å². The number of amides is 1. The van der Waals surface area contributed by atoms with Crippen LogP contribution in [0.2, 0.25) is 0 Å². The van der Waals surface area contributed by atoms with Crippen molar-refractivity contribution in [2.45, 2.75) is 23.7 Å². The minimum atomic E-state index is -3.31. The smallest absolute Gasteiger partial charge is 0.238 e. The molecule has 0 unspecified atom stereocenters. The first-order valence-corrected chi connectivity index (χ1v) is 11.5. The maximum absolute atomic E-state index is 12.4. The molecule has 2 heterocycles. The second kappa shape index (κ2) is 7.96. The number of nitrogens with one attached hydrogen (secondary N) is 1. The summed E-state index contributed by atoms with van der Waals surface area (Å²) in [6.07, 6.45) is 2.91. The van der Waals surface area contributed by atoms with E-state index in [2.05, 4.69) is 15.2 Å². The number of carbonyl (C=O) groups excluding carboxylic acids is 1. The molecule has 7 nitrogen and oxygen atoms in total. The molecule has 1 N–H and O–H groups in total. The van der Waals surface area contributed by atoms with Crippen LogP contribution in [0, 0.1) is 0 Å². The van der Waals surface area contributed by atoms with E-state index < -0.39 is 9.84 Å². The molecule has 0 aliphatic carbocycles. The number of carbonyl (C=O) groups is 1. The number of nitrogens with zero attached hydrogens (tertiary/aromatic N) is 2. The van der Waals surface area contributed by atoms with Gasteiger partial charge in [0.05, 0.1) is 11.4 Å². The highest BCUT2D eigenvalue weighted by Gasteiger charge is 2.25. The van der Waals surface area contributed by atoms with Crippen molar-refractivity contribution in [3.05, 3.63) is 54.4 Å². The van der Waals surface area contributed by atoms with Gasteiger partial charge < -0.3 is 9.73 Å². The highest BCUT2D eigenvalue weighted by molar-refractivity contribution is 7.90. The van der Waals surface area contributed by atoms with Crippen LogP contribution in [0.25, 0.3) is 11.1 Å². The standard InChI is InChI=1S/C21H23N3O4S/c1-29(26,27)17-6-4-5-16(13-17)22-20(25)14-24-11-9-15(10-12-24)21-23-18-7-2-3-8-19(18)28-21/h2-8,13,15H,9-12,14H2,1H3,(H,22,25). The van der Waals surface area contributed by atoms with Crippen molar-refractivity contribution in [1.82, 2.24) is 9.88 Å². The molecule has 0 saturated carbocycles. The van der Waals surface area contributed by atoms with Crippen molar-refractivity contribution >= 4 is 32.5 Å². The molecule has 1 amide bonds. The lowest BCUT2D eigenvalue weighted by Crippen LogP contribution is -2.38. The van der Waals surface area contributed by atoms with Gasteiger partial charge in [-0.15, -0.1) is 0 Å².